The van der Waals surface area contributed by atoms with Crippen molar-refractivity contribution >= 4 is 0 Å². The van der Waals surface area contributed by atoms with Crippen molar-refractivity contribution in [2.45, 2.75) is 70.2 Å². The molecule has 0 aromatic carbocycles. The van der Waals surface area contributed by atoms with E-state index in [9.17, 15) is 10.2 Å². The highest BCUT2D eigenvalue weighted by Gasteiger charge is 2.61. The van der Waals surface area contributed by atoms with Crippen molar-refractivity contribution in [2.75, 3.05) is 6.61 Å². The van der Waals surface area contributed by atoms with Crippen LogP contribution in [0, 0.1) is 17.3 Å². The second-order valence-corrected chi connectivity index (χ2v) is 7.58. The van der Waals surface area contributed by atoms with Gasteiger partial charge in [-0.25, -0.2) is 0 Å². The molecule has 3 fully saturated rings. The van der Waals surface area contributed by atoms with Crippen LogP contribution in [0.3, 0.4) is 0 Å². The molecule has 3 aliphatic rings. The first-order valence-electron chi connectivity index (χ1n) is 7.33. The van der Waals surface area contributed by atoms with Gasteiger partial charge < -0.3 is 14.9 Å². The number of hydrogen-bond donors (Lipinski definition) is 2. The molecule has 104 valence electrons. The van der Waals surface area contributed by atoms with Crippen LogP contribution in [0.25, 0.3) is 0 Å². The normalized spacial score (nSPS) is 60.2. The quantitative estimate of drug-likeness (QED) is 0.705. The SMILES string of the molecule is C[C@]12CCC[C@@](C)(O)[C@@H]1[C@@H](O)[C@H]([C@]1(C)CO1)CC2. The summed E-state index contributed by atoms with van der Waals surface area (Å²) >= 11 is 0. The number of epoxide rings is 1. The molecule has 1 aliphatic heterocycles. The maximum atomic E-state index is 10.8. The van der Waals surface area contributed by atoms with Gasteiger partial charge in [0.1, 0.15) is 0 Å². The smallest absolute Gasteiger partial charge is 0.0941 e. The molecule has 0 amide bonds. The zero-order chi connectivity index (χ0) is 13.2. The first-order chi connectivity index (χ1) is 8.29. The topological polar surface area (TPSA) is 53.0 Å². The van der Waals surface area contributed by atoms with Gasteiger partial charge in [-0.2, -0.15) is 0 Å². The monoisotopic (exact) mass is 254 g/mol. The van der Waals surface area contributed by atoms with Gasteiger partial charge in [0, 0.05) is 11.8 Å². The van der Waals surface area contributed by atoms with Crippen molar-refractivity contribution in [3.05, 3.63) is 0 Å². The number of aliphatic hydroxyl groups is 2. The van der Waals surface area contributed by atoms with Crippen molar-refractivity contribution in [3.8, 4) is 0 Å². The number of ether oxygens (including phenoxy) is 1. The molecule has 0 aromatic heterocycles. The minimum absolute atomic E-state index is 0.00137. The first-order valence-corrected chi connectivity index (χ1v) is 7.33. The zero-order valence-electron chi connectivity index (χ0n) is 11.8. The minimum Gasteiger partial charge on any atom is -0.392 e. The predicted octanol–water partition coefficient (Wildman–Crippen LogP) is 2.10. The van der Waals surface area contributed by atoms with Crippen molar-refractivity contribution in [3.63, 3.8) is 0 Å². The van der Waals surface area contributed by atoms with E-state index in [-0.39, 0.29) is 22.9 Å². The van der Waals surface area contributed by atoms with Crippen LogP contribution in [0.1, 0.15) is 52.9 Å². The summed E-state index contributed by atoms with van der Waals surface area (Å²) in [6.07, 6.45) is 4.73. The maximum Gasteiger partial charge on any atom is 0.0941 e. The molecule has 0 spiro atoms. The number of fused-ring (bicyclic) bond motifs is 1. The Morgan fingerprint density at radius 2 is 1.78 bits per heavy atom. The maximum absolute atomic E-state index is 10.8. The Balaban J connectivity index is 1.90. The zero-order valence-corrected chi connectivity index (χ0v) is 11.8. The fraction of sp³-hybridized carbons (Fsp3) is 1.00. The van der Waals surface area contributed by atoms with E-state index in [4.69, 9.17) is 4.74 Å². The van der Waals surface area contributed by atoms with Crippen molar-refractivity contribution in [2.24, 2.45) is 17.3 Å². The second kappa shape index (κ2) is 3.71. The Morgan fingerprint density at radius 1 is 1.11 bits per heavy atom. The van der Waals surface area contributed by atoms with E-state index in [1.807, 2.05) is 6.92 Å². The predicted molar refractivity (Wildman–Crippen MR) is 69.2 cm³/mol. The Bertz CT molecular complexity index is 348. The molecule has 1 saturated heterocycles. The van der Waals surface area contributed by atoms with Crippen molar-refractivity contribution in [1.82, 2.24) is 0 Å². The van der Waals surface area contributed by atoms with Gasteiger partial charge in [0.05, 0.1) is 23.9 Å². The first kappa shape index (κ1) is 12.9. The third kappa shape index (κ3) is 1.75. The summed E-state index contributed by atoms with van der Waals surface area (Å²) in [5, 5.41) is 21.5. The lowest BCUT2D eigenvalue weighted by molar-refractivity contribution is -0.186. The standard InChI is InChI=1S/C15H26O3/c1-13-6-4-7-14(2,17)12(13)11(16)10(5-8-13)15(3)9-18-15/h10-12,16-17H,4-9H2,1-3H3/t10-,11+,12-,13-,14-,15+/m1/s1. The number of hydrogen-bond acceptors (Lipinski definition) is 3. The summed E-state index contributed by atoms with van der Waals surface area (Å²) in [6.45, 7) is 7.03. The summed E-state index contributed by atoms with van der Waals surface area (Å²) < 4.78 is 5.55. The van der Waals surface area contributed by atoms with Gasteiger partial charge in [0.25, 0.3) is 0 Å². The van der Waals surface area contributed by atoms with E-state index in [1.54, 1.807) is 0 Å². The molecule has 2 saturated carbocycles. The lowest BCUT2D eigenvalue weighted by atomic mass is 9.51. The minimum atomic E-state index is -0.726. The van der Waals surface area contributed by atoms with Gasteiger partial charge >= 0.3 is 0 Å². The van der Waals surface area contributed by atoms with E-state index in [2.05, 4.69) is 13.8 Å². The molecule has 3 rings (SSSR count). The molecular formula is C15H26O3. The molecule has 0 unspecified atom stereocenters. The third-order valence-electron chi connectivity index (χ3n) is 6.02. The van der Waals surface area contributed by atoms with Crippen LogP contribution in [-0.4, -0.2) is 34.1 Å². The van der Waals surface area contributed by atoms with Crippen LogP contribution < -0.4 is 0 Å². The largest absolute Gasteiger partial charge is 0.392 e. The molecule has 0 aromatic rings. The van der Waals surface area contributed by atoms with Crippen LogP contribution in [-0.2, 0) is 4.74 Å². The fourth-order valence-corrected chi connectivity index (χ4v) is 4.86. The van der Waals surface area contributed by atoms with E-state index >= 15 is 0 Å². The second-order valence-electron chi connectivity index (χ2n) is 7.58. The highest BCUT2D eigenvalue weighted by Crippen LogP contribution is 2.58. The van der Waals surface area contributed by atoms with Gasteiger partial charge in [-0.15, -0.1) is 0 Å². The lowest BCUT2D eigenvalue weighted by Crippen LogP contribution is -2.59. The number of rotatable bonds is 1. The summed E-state index contributed by atoms with van der Waals surface area (Å²) in [5.41, 5.74) is -0.756. The van der Waals surface area contributed by atoms with E-state index < -0.39 is 11.7 Å². The fourth-order valence-electron chi connectivity index (χ4n) is 4.86. The lowest BCUT2D eigenvalue weighted by Gasteiger charge is -2.57. The molecule has 2 aliphatic carbocycles. The molecule has 1 heterocycles. The Hall–Kier alpha value is -0.120. The molecule has 3 nitrogen and oxygen atoms in total. The van der Waals surface area contributed by atoms with Crippen LogP contribution in [0.2, 0.25) is 0 Å². The van der Waals surface area contributed by atoms with Crippen molar-refractivity contribution in [1.29, 1.82) is 0 Å². The third-order valence-corrected chi connectivity index (χ3v) is 6.02. The summed E-state index contributed by atoms with van der Waals surface area (Å²) in [6, 6.07) is 0. The summed E-state index contributed by atoms with van der Waals surface area (Å²) in [7, 11) is 0. The Morgan fingerprint density at radius 3 is 2.39 bits per heavy atom. The van der Waals surface area contributed by atoms with Crippen LogP contribution in [0.15, 0.2) is 0 Å². The molecule has 3 heteroatoms. The molecule has 18 heavy (non-hydrogen) atoms. The van der Waals surface area contributed by atoms with Crippen molar-refractivity contribution < 1.29 is 14.9 Å². The molecule has 6 atom stereocenters. The highest BCUT2D eigenvalue weighted by molar-refractivity contribution is 5.10. The average Bonchev–Trinajstić information content (AvgIpc) is 2.95. The van der Waals surface area contributed by atoms with E-state index in [1.165, 1.54) is 0 Å². The molecular weight excluding hydrogens is 228 g/mol. The Labute approximate surface area is 110 Å². The summed E-state index contributed by atoms with van der Waals surface area (Å²) in [5.74, 6) is 0.193. The van der Waals surface area contributed by atoms with E-state index in [0.29, 0.717) is 0 Å². The highest BCUT2D eigenvalue weighted by atomic mass is 16.6. The van der Waals surface area contributed by atoms with Gasteiger partial charge in [-0.3, -0.25) is 0 Å². The summed E-state index contributed by atoms with van der Waals surface area (Å²) in [4.78, 5) is 0. The van der Waals surface area contributed by atoms with Gasteiger partial charge in [0.2, 0.25) is 0 Å². The van der Waals surface area contributed by atoms with E-state index in [0.717, 1.165) is 38.7 Å². The Kier molecular flexibility index (Phi) is 2.66. The number of aliphatic hydroxyl groups excluding tert-OH is 1. The molecule has 2 N–H and O–H groups in total. The average molecular weight is 254 g/mol. The van der Waals surface area contributed by atoms with Crippen LogP contribution in [0.4, 0.5) is 0 Å². The van der Waals surface area contributed by atoms with Gasteiger partial charge in [0.15, 0.2) is 0 Å². The molecule has 0 radical (unpaired) electrons. The molecule has 0 bridgehead atoms. The van der Waals surface area contributed by atoms with Gasteiger partial charge in [-0.1, -0.05) is 13.3 Å². The van der Waals surface area contributed by atoms with Crippen LogP contribution in [0.5, 0.6) is 0 Å². The van der Waals surface area contributed by atoms with Gasteiger partial charge in [-0.05, 0) is 44.9 Å². The van der Waals surface area contributed by atoms with Crippen LogP contribution >= 0.6 is 0 Å².